The number of aryl methyl sites for hydroxylation is 2. The van der Waals surface area contributed by atoms with E-state index < -0.39 is 6.10 Å². The van der Waals surface area contributed by atoms with E-state index in [9.17, 15) is 4.79 Å². The van der Waals surface area contributed by atoms with Gasteiger partial charge in [0.25, 0.3) is 5.91 Å². The van der Waals surface area contributed by atoms with Crippen LogP contribution in [0.2, 0.25) is 0 Å². The molecule has 3 heteroatoms. The minimum absolute atomic E-state index is 0.0429. The molecular formula is C21H27NO2. The second-order valence-corrected chi connectivity index (χ2v) is 6.26. The SMILES string of the molecule is CC[C@H](Oc1ccc(C)cc1)C(=O)N[C@@H](C)CCc1ccccc1. The Kier molecular flexibility index (Phi) is 6.86. The van der Waals surface area contributed by atoms with Crippen molar-refractivity contribution in [3.05, 3.63) is 65.7 Å². The van der Waals surface area contributed by atoms with Crippen molar-refractivity contribution in [1.29, 1.82) is 0 Å². The number of rotatable bonds is 8. The highest BCUT2D eigenvalue weighted by Crippen LogP contribution is 2.15. The van der Waals surface area contributed by atoms with E-state index in [1.807, 2.05) is 63.2 Å². The number of benzene rings is 2. The Labute approximate surface area is 145 Å². The number of hydrogen-bond donors (Lipinski definition) is 1. The van der Waals surface area contributed by atoms with E-state index in [0.717, 1.165) is 18.6 Å². The average molecular weight is 325 g/mol. The van der Waals surface area contributed by atoms with Crippen LogP contribution in [0.5, 0.6) is 5.75 Å². The summed E-state index contributed by atoms with van der Waals surface area (Å²) in [5.41, 5.74) is 2.47. The van der Waals surface area contributed by atoms with E-state index in [1.165, 1.54) is 11.1 Å². The van der Waals surface area contributed by atoms with E-state index in [2.05, 4.69) is 17.4 Å². The average Bonchev–Trinajstić information content (AvgIpc) is 2.60. The smallest absolute Gasteiger partial charge is 0.261 e. The lowest BCUT2D eigenvalue weighted by Gasteiger charge is -2.20. The molecule has 0 saturated heterocycles. The summed E-state index contributed by atoms with van der Waals surface area (Å²) < 4.78 is 5.83. The third kappa shape index (κ3) is 5.73. The molecule has 0 aliphatic heterocycles. The van der Waals surface area contributed by atoms with Crippen LogP contribution in [0.15, 0.2) is 54.6 Å². The summed E-state index contributed by atoms with van der Waals surface area (Å²) in [5, 5.41) is 3.07. The van der Waals surface area contributed by atoms with Gasteiger partial charge in [-0.15, -0.1) is 0 Å². The van der Waals surface area contributed by atoms with Crippen LogP contribution in [-0.4, -0.2) is 18.1 Å². The third-order valence-electron chi connectivity index (χ3n) is 4.06. The molecule has 0 radical (unpaired) electrons. The molecule has 2 atom stereocenters. The Balaban J connectivity index is 1.83. The van der Waals surface area contributed by atoms with Crippen molar-refractivity contribution in [2.24, 2.45) is 0 Å². The van der Waals surface area contributed by atoms with Crippen molar-refractivity contribution in [2.75, 3.05) is 0 Å². The monoisotopic (exact) mass is 325 g/mol. The van der Waals surface area contributed by atoms with Gasteiger partial charge in [-0.2, -0.15) is 0 Å². The second-order valence-electron chi connectivity index (χ2n) is 6.26. The molecule has 0 saturated carbocycles. The predicted molar refractivity (Wildman–Crippen MR) is 98.3 cm³/mol. The Hall–Kier alpha value is -2.29. The molecule has 128 valence electrons. The summed E-state index contributed by atoms with van der Waals surface area (Å²) >= 11 is 0. The van der Waals surface area contributed by atoms with Gasteiger partial charge in [-0.1, -0.05) is 55.0 Å². The van der Waals surface area contributed by atoms with E-state index in [4.69, 9.17) is 4.74 Å². The Morgan fingerprint density at radius 2 is 1.75 bits per heavy atom. The largest absolute Gasteiger partial charge is 0.481 e. The molecule has 0 aliphatic rings. The normalized spacial score (nSPS) is 13.1. The van der Waals surface area contributed by atoms with Crippen LogP contribution in [0.4, 0.5) is 0 Å². The van der Waals surface area contributed by atoms with Gasteiger partial charge in [0, 0.05) is 6.04 Å². The summed E-state index contributed by atoms with van der Waals surface area (Å²) in [6.07, 6.45) is 2.06. The topological polar surface area (TPSA) is 38.3 Å². The Morgan fingerprint density at radius 1 is 1.08 bits per heavy atom. The van der Waals surface area contributed by atoms with E-state index in [-0.39, 0.29) is 11.9 Å². The Bertz CT molecular complexity index is 622. The van der Waals surface area contributed by atoms with Gasteiger partial charge in [-0.05, 0) is 50.8 Å². The summed E-state index contributed by atoms with van der Waals surface area (Å²) in [6.45, 7) is 6.04. The zero-order valence-corrected chi connectivity index (χ0v) is 14.8. The standard InChI is InChI=1S/C21H27NO2/c1-4-20(24-19-14-10-16(2)11-15-19)21(23)22-17(3)12-13-18-8-6-5-7-9-18/h5-11,14-15,17,20H,4,12-13H2,1-3H3,(H,22,23)/t17-,20-/m0/s1. The van der Waals surface area contributed by atoms with E-state index >= 15 is 0 Å². The van der Waals surface area contributed by atoms with Gasteiger partial charge in [0.1, 0.15) is 5.75 Å². The highest BCUT2D eigenvalue weighted by molar-refractivity contribution is 5.81. The molecule has 2 aromatic carbocycles. The van der Waals surface area contributed by atoms with Crippen LogP contribution in [0, 0.1) is 6.92 Å². The first-order chi connectivity index (χ1) is 11.6. The van der Waals surface area contributed by atoms with Gasteiger partial charge in [0.2, 0.25) is 0 Å². The maximum atomic E-state index is 12.4. The molecule has 1 N–H and O–H groups in total. The van der Waals surface area contributed by atoms with Gasteiger partial charge in [-0.3, -0.25) is 4.79 Å². The predicted octanol–water partition coefficient (Wildman–Crippen LogP) is 4.29. The van der Waals surface area contributed by atoms with Gasteiger partial charge in [-0.25, -0.2) is 0 Å². The van der Waals surface area contributed by atoms with Gasteiger partial charge in [0.15, 0.2) is 6.10 Å². The highest BCUT2D eigenvalue weighted by Gasteiger charge is 2.20. The van der Waals surface area contributed by atoms with Crippen LogP contribution in [0.3, 0.4) is 0 Å². The fourth-order valence-corrected chi connectivity index (χ4v) is 2.54. The van der Waals surface area contributed by atoms with Gasteiger partial charge < -0.3 is 10.1 Å². The van der Waals surface area contributed by atoms with Crippen LogP contribution >= 0.6 is 0 Å². The van der Waals surface area contributed by atoms with Crippen molar-refractivity contribution >= 4 is 5.91 Å². The lowest BCUT2D eigenvalue weighted by atomic mass is 10.1. The maximum absolute atomic E-state index is 12.4. The number of carbonyl (C=O) groups is 1. The molecule has 0 spiro atoms. The quantitative estimate of drug-likeness (QED) is 0.786. The molecule has 24 heavy (non-hydrogen) atoms. The minimum atomic E-state index is -0.452. The Morgan fingerprint density at radius 3 is 2.38 bits per heavy atom. The number of ether oxygens (including phenoxy) is 1. The van der Waals surface area contributed by atoms with Gasteiger partial charge in [0.05, 0.1) is 0 Å². The summed E-state index contributed by atoms with van der Waals surface area (Å²) in [4.78, 5) is 12.4. The van der Waals surface area contributed by atoms with Crippen LogP contribution in [0.1, 0.15) is 37.8 Å². The second kappa shape index (κ2) is 9.11. The minimum Gasteiger partial charge on any atom is -0.481 e. The lowest BCUT2D eigenvalue weighted by Crippen LogP contribution is -2.42. The van der Waals surface area contributed by atoms with E-state index in [0.29, 0.717) is 6.42 Å². The molecule has 0 aliphatic carbocycles. The van der Waals surface area contributed by atoms with Crippen LogP contribution in [-0.2, 0) is 11.2 Å². The van der Waals surface area contributed by atoms with E-state index in [1.54, 1.807) is 0 Å². The molecule has 0 heterocycles. The molecule has 0 bridgehead atoms. The third-order valence-corrected chi connectivity index (χ3v) is 4.06. The van der Waals surface area contributed by atoms with Crippen molar-refractivity contribution in [3.63, 3.8) is 0 Å². The van der Waals surface area contributed by atoms with Gasteiger partial charge >= 0.3 is 0 Å². The van der Waals surface area contributed by atoms with Crippen LogP contribution in [0.25, 0.3) is 0 Å². The van der Waals surface area contributed by atoms with Crippen LogP contribution < -0.4 is 10.1 Å². The molecule has 1 amide bonds. The maximum Gasteiger partial charge on any atom is 0.261 e. The molecular weight excluding hydrogens is 298 g/mol. The fourth-order valence-electron chi connectivity index (χ4n) is 2.54. The molecule has 0 fully saturated rings. The number of amides is 1. The summed E-state index contributed by atoms with van der Waals surface area (Å²) in [5.74, 6) is 0.693. The van der Waals surface area contributed by atoms with Crippen molar-refractivity contribution in [2.45, 2.75) is 52.2 Å². The number of hydrogen-bond acceptors (Lipinski definition) is 2. The van der Waals surface area contributed by atoms with Crippen molar-refractivity contribution < 1.29 is 9.53 Å². The fraction of sp³-hybridized carbons (Fsp3) is 0.381. The number of nitrogens with one attached hydrogen (secondary N) is 1. The van der Waals surface area contributed by atoms with Crippen molar-refractivity contribution in [3.8, 4) is 5.75 Å². The first kappa shape index (κ1) is 18.1. The summed E-state index contributed by atoms with van der Waals surface area (Å²) in [7, 11) is 0. The summed E-state index contributed by atoms with van der Waals surface area (Å²) in [6, 6.07) is 18.2. The molecule has 2 rings (SSSR count). The lowest BCUT2D eigenvalue weighted by molar-refractivity contribution is -0.128. The zero-order chi connectivity index (χ0) is 17.4. The first-order valence-electron chi connectivity index (χ1n) is 8.66. The molecule has 3 nitrogen and oxygen atoms in total. The molecule has 0 unspecified atom stereocenters. The molecule has 0 aromatic heterocycles. The van der Waals surface area contributed by atoms with Crippen molar-refractivity contribution in [1.82, 2.24) is 5.32 Å². The highest BCUT2D eigenvalue weighted by atomic mass is 16.5. The molecule has 2 aromatic rings. The number of carbonyl (C=O) groups excluding carboxylic acids is 1. The first-order valence-corrected chi connectivity index (χ1v) is 8.66. The zero-order valence-electron chi connectivity index (χ0n) is 14.8.